The van der Waals surface area contributed by atoms with E-state index in [1.54, 1.807) is 6.33 Å². The minimum atomic E-state index is -0.466. The van der Waals surface area contributed by atoms with E-state index in [1.165, 1.54) is 28.2 Å². The molecule has 0 spiro atoms. The number of hydrogen-bond donors (Lipinski definition) is 1. The average Bonchev–Trinajstić information content (AvgIpc) is 3.01. The maximum Gasteiger partial charge on any atom is 0.0995 e. The van der Waals surface area contributed by atoms with Crippen molar-refractivity contribution in [2.75, 3.05) is 0 Å². The monoisotopic (exact) mass is 412 g/mol. The van der Waals surface area contributed by atoms with E-state index in [2.05, 4.69) is 37.4 Å². The average molecular weight is 412 g/mol. The fourth-order valence-corrected chi connectivity index (χ4v) is 3.65. The molecular formula is C16H17IN2OS. The van der Waals surface area contributed by atoms with E-state index >= 15 is 0 Å². The van der Waals surface area contributed by atoms with Crippen molar-refractivity contribution in [2.45, 2.75) is 38.2 Å². The van der Waals surface area contributed by atoms with Gasteiger partial charge in [0.05, 0.1) is 29.8 Å². The Morgan fingerprint density at radius 1 is 1.33 bits per heavy atom. The largest absolute Gasteiger partial charge is 0.387 e. The van der Waals surface area contributed by atoms with Gasteiger partial charge in [-0.05, 0) is 45.1 Å². The zero-order chi connectivity index (χ0) is 14.7. The molecule has 1 atom stereocenters. The highest BCUT2D eigenvalue weighted by Crippen LogP contribution is 2.35. The minimum Gasteiger partial charge on any atom is -0.387 e. The number of imidazole rings is 1. The van der Waals surface area contributed by atoms with Gasteiger partial charge in [0, 0.05) is 26.8 Å². The first-order valence-electron chi connectivity index (χ1n) is 7.23. The van der Waals surface area contributed by atoms with Gasteiger partial charge in [-0.15, -0.1) is 0 Å². The summed E-state index contributed by atoms with van der Waals surface area (Å²) in [7, 11) is 1.46. The highest BCUT2D eigenvalue weighted by molar-refractivity contribution is 14.2. The molecule has 2 aromatic heterocycles. The molecule has 1 unspecified atom stereocenters. The van der Waals surface area contributed by atoms with Crippen molar-refractivity contribution in [1.82, 2.24) is 9.38 Å². The van der Waals surface area contributed by atoms with E-state index in [0.29, 0.717) is 5.92 Å². The Bertz CT molecular complexity index is 682. The molecule has 1 aliphatic rings. The molecule has 21 heavy (non-hydrogen) atoms. The summed E-state index contributed by atoms with van der Waals surface area (Å²) in [6, 6.07) is 4.00. The molecule has 0 amide bonds. The standard InChI is InChI=1S/C16H17IN2OS/c17-21-9-8-12-6-7-14-10-18-11-19(14)15(12)16(20)13-4-2-1-3-5-13/h6-7,10-11,13,16,20H,1-5H2. The second-order valence-electron chi connectivity index (χ2n) is 5.47. The smallest absolute Gasteiger partial charge is 0.0995 e. The highest BCUT2D eigenvalue weighted by Gasteiger charge is 2.26. The Morgan fingerprint density at radius 2 is 2.14 bits per heavy atom. The number of aliphatic hydroxyl groups excluding tert-OH is 1. The van der Waals surface area contributed by atoms with Crippen LogP contribution >= 0.6 is 30.1 Å². The first kappa shape index (κ1) is 15.2. The number of aliphatic hydroxyl groups is 1. The number of nitrogens with zero attached hydrogens (tertiary/aromatic N) is 2. The molecule has 1 aliphatic carbocycles. The van der Waals surface area contributed by atoms with E-state index in [-0.39, 0.29) is 0 Å². The third-order valence-electron chi connectivity index (χ3n) is 4.22. The number of hydrogen-bond acceptors (Lipinski definition) is 3. The highest BCUT2D eigenvalue weighted by atomic mass is 127. The van der Waals surface area contributed by atoms with Gasteiger partial charge < -0.3 is 5.11 Å². The molecular weight excluding hydrogens is 395 g/mol. The quantitative estimate of drug-likeness (QED) is 0.589. The van der Waals surface area contributed by atoms with Crippen LogP contribution < -0.4 is 0 Å². The van der Waals surface area contributed by atoms with Crippen LogP contribution in [0.2, 0.25) is 0 Å². The summed E-state index contributed by atoms with van der Waals surface area (Å²) < 4.78 is 1.99. The van der Waals surface area contributed by atoms with E-state index in [0.717, 1.165) is 29.6 Å². The van der Waals surface area contributed by atoms with Gasteiger partial charge in [-0.1, -0.05) is 25.2 Å². The van der Waals surface area contributed by atoms with Gasteiger partial charge in [0.1, 0.15) is 0 Å². The van der Waals surface area contributed by atoms with Crippen molar-refractivity contribution in [2.24, 2.45) is 5.92 Å². The summed E-state index contributed by atoms with van der Waals surface area (Å²) in [6.07, 6.45) is 9.04. The maximum atomic E-state index is 10.9. The molecule has 5 heteroatoms. The number of fused-ring (bicyclic) bond motifs is 1. The van der Waals surface area contributed by atoms with Crippen molar-refractivity contribution in [1.29, 1.82) is 0 Å². The Hall–Kier alpha value is -0.710. The van der Waals surface area contributed by atoms with Crippen LogP contribution in [0.4, 0.5) is 0 Å². The van der Waals surface area contributed by atoms with Crippen molar-refractivity contribution >= 4 is 35.7 Å². The summed E-state index contributed by atoms with van der Waals surface area (Å²) in [5, 5.41) is 13.9. The molecule has 0 aliphatic heterocycles. The summed E-state index contributed by atoms with van der Waals surface area (Å²) >= 11 is 2.16. The molecule has 0 saturated heterocycles. The van der Waals surface area contributed by atoms with Crippen LogP contribution in [0.15, 0.2) is 24.7 Å². The molecule has 0 radical (unpaired) electrons. The lowest BCUT2D eigenvalue weighted by Crippen LogP contribution is -2.19. The van der Waals surface area contributed by atoms with E-state index in [1.807, 2.05) is 22.7 Å². The lowest BCUT2D eigenvalue weighted by molar-refractivity contribution is 0.0799. The van der Waals surface area contributed by atoms with Gasteiger partial charge in [-0.3, -0.25) is 4.40 Å². The number of pyridine rings is 1. The molecule has 0 bridgehead atoms. The second kappa shape index (κ2) is 7.03. The maximum absolute atomic E-state index is 10.9. The van der Waals surface area contributed by atoms with Crippen LogP contribution in [0.3, 0.4) is 0 Å². The predicted molar refractivity (Wildman–Crippen MR) is 95.2 cm³/mol. The van der Waals surface area contributed by atoms with Crippen LogP contribution in [-0.2, 0) is 0 Å². The molecule has 3 rings (SSSR count). The van der Waals surface area contributed by atoms with Gasteiger partial charge in [0.25, 0.3) is 0 Å². The first-order chi connectivity index (χ1) is 10.3. The lowest BCUT2D eigenvalue weighted by atomic mass is 9.83. The van der Waals surface area contributed by atoms with Crippen molar-refractivity contribution in [3.05, 3.63) is 35.9 Å². The lowest BCUT2D eigenvalue weighted by Gasteiger charge is -2.28. The fraction of sp³-hybridized carbons (Fsp3) is 0.438. The number of halogens is 1. The molecule has 1 N–H and O–H groups in total. The number of rotatable bonds is 2. The van der Waals surface area contributed by atoms with E-state index in [9.17, 15) is 5.11 Å². The van der Waals surface area contributed by atoms with Crippen molar-refractivity contribution < 1.29 is 5.11 Å². The fourth-order valence-electron chi connectivity index (χ4n) is 3.17. The van der Waals surface area contributed by atoms with Gasteiger partial charge >= 0.3 is 0 Å². The first-order valence-corrected chi connectivity index (χ1v) is 10.6. The Balaban J connectivity index is 2.06. The third kappa shape index (κ3) is 3.22. The molecule has 2 aromatic rings. The summed E-state index contributed by atoms with van der Waals surface area (Å²) in [5.41, 5.74) is 2.81. The third-order valence-corrected chi connectivity index (χ3v) is 5.06. The van der Waals surface area contributed by atoms with Crippen LogP contribution in [0.5, 0.6) is 0 Å². The molecule has 110 valence electrons. The van der Waals surface area contributed by atoms with Crippen LogP contribution in [0.25, 0.3) is 5.52 Å². The summed E-state index contributed by atoms with van der Waals surface area (Å²) in [5.74, 6) is 3.49. The van der Waals surface area contributed by atoms with E-state index in [4.69, 9.17) is 0 Å². The van der Waals surface area contributed by atoms with E-state index < -0.39 is 6.10 Å². The Labute approximate surface area is 141 Å². The van der Waals surface area contributed by atoms with Crippen LogP contribution in [-0.4, -0.2) is 14.5 Å². The number of aromatic nitrogens is 2. The molecule has 1 saturated carbocycles. The minimum absolute atomic E-state index is 0.333. The van der Waals surface area contributed by atoms with Crippen LogP contribution in [0.1, 0.15) is 49.5 Å². The van der Waals surface area contributed by atoms with Gasteiger partial charge in [-0.25, -0.2) is 4.98 Å². The van der Waals surface area contributed by atoms with Crippen molar-refractivity contribution in [3.63, 3.8) is 0 Å². The van der Waals surface area contributed by atoms with Crippen LogP contribution in [0, 0.1) is 17.1 Å². The zero-order valence-corrected chi connectivity index (χ0v) is 14.6. The topological polar surface area (TPSA) is 37.5 Å². The van der Waals surface area contributed by atoms with Gasteiger partial charge in [-0.2, -0.15) is 0 Å². The zero-order valence-electron chi connectivity index (χ0n) is 11.6. The van der Waals surface area contributed by atoms with Crippen molar-refractivity contribution in [3.8, 4) is 11.2 Å². The SMILES string of the molecule is OC(c1c(C#CSI)ccc2cncn12)C1CCCCC1. The molecule has 1 fully saturated rings. The molecule has 0 aromatic carbocycles. The Kier molecular flexibility index (Phi) is 5.09. The molecule has 3 nitrogen and oxygen atoms in total. The second-order valence-corrected chi connectivity index (χ2v) is 7.15. The van der Waals surface area contributed by atoms with Gasteiger partial charge in [0.15, 0.2) is 0 Å². The Morgan fingerprint density at radius 3 is 2.90 bits per heavy atom. The molecule has 2 heterocycles. The summed E-state index contributed by atoms with van der Waals surface area (Å²) in [6.45, 7) is 0. The normalized spacial score (nSPS) is 17.4. The predicted octanol–water partition coefficient (Wildman–Crippen LogP) is 4.34. The van der Waals surface area contributed by atoms with Gasteiger partial charge in [0.2, 0.25) is 0 Å². The summed E-state index contributed by atoms with van der Waals surface area (Å²) in [4.78, 5) is 4.21.